The summed E-state index contributed by atoms with van der Waals surface area (Å²) in [5.41, 5.74) is 3.34. The van der Waals surface area contributed by atoms with Crippen molar-refractivity contribution in [1.82, 2.24) is 10.3 Å². The van der Waals surface area contributed by atoms with Crippen molar-refractivity contribution in [2.75, 3.05) is 37.7 Å². The quantitative estimate of drug-likeness (QED) is 0.0982. The molecule has 4 aromatic carbocycles. The number of thioether (sulfide) groups is 1. The van der Waals surface area contributed by atoms with E-state index in [-0.39, 0.29) is 17.4 Å². The Kier molecular flexibility index (Phi) is 10.8. The Hall–Kier alpha value is -5.33. The first-order valence-electron chi connectivity index (χ1n) is 14.4. The van der Waals surface area contributed by atoms with Crippen LogP contribution in [-0.2, 0) is 9.59 Å². The Morgan fingerprint density at radius 3 is 2.30 bits per heavy atom. The number of carbonyl (C=O) groups excluding carboxylic acids is 3. The van der Waals surface area contributed by atoms with Crippen molar-refractivity contribution in [2.45, 2.75) is 11.8 Å². The van der Waals surface area contributed by atoms with Gasteiger partial charge in [0.2, 0.25) is 11.7 Å². The molecule has 5 aromatic rings. The number of rotatable bonds is 12. The summed E-state index contributed by atoms with van der Waals surface area (Å²) in [5.74, 6) is 0.0979. The number of ether oxygens (including phenoxy) is 3. The van der Waals surface area contributed by atoms with Crippen molar-refractivity contribution in [1.29, 1.82) is 0 Å². The normalized spacial score (nSPS) is 11.1. The van der Waals surface area contributed by atoms with Crippen molar-refractivity contribution >= 4 is 67.9 Å². The van der Waals surface area contributed by atoms with Gasteiger partial charge in [0, 0.05) is 16.1 Å². The van der Waals surface area contributed by atoms with Gasteiger partial charge in [-0.05, 0) is 78.7 Å². The van der Waals surface area contributed by atoms with Gasteiger partial charge in [-0.25, -0.2) is 4.98 Å². The van der Waals surface area contributed by atoms with Gasteiger partial charge in [-0.1, -0.05) is 41.7 Å². The van der Waals surface area contributed by atoms with E-state index in [1.54, 1.807) is 60.7 Å². The van der Waals surface area contributed by atoms with E-state index in [1.165, 1.54) is 50.5 Å². The van der Waals surface area contributed by atoms with Gasteiger partial charge in [0.1, 0.15) is 5.70 Å². The lowest BCUT2D eigenvalue weighted by molar-refractivity contribution is -0.114. The number of nitrogens with zero attached hydrogens (tertiary/aromatic N) is 1. The second-order valence-electron chi connectivity index (χ2n) is 10.1. The third-order valence-electron chi connectivity index (χ3n) is 6.78. The highest BCUT2D eigenvalue weighted by Gasteiger charge is 2.18. The maximum Gasteiger partial charge on any atom is 0.272 e. The van der Waals surface area contributed by atoms with Crippen LogP contribution in [-0.4, -0.2) is 49.8 Å². The molecule has 47 heavy (non-hydrogen) atoms. The fraction of sp³-hybridized carbons (Fsp3) is 0.143. The molecule has 1 aromatic heterocycles. The van der Waals surface area contributed by atoms with E-state index < -0.39 is 11.8 Å². The van der Waals surface area contributed by atoms with Gasteiger partial charge in [0.15, 0.2) is 16.6 Å². The summed E-state index contributed by atoms with van der Waals surface area (Å²) in [5, 5.41) is 8.99. The van der Waals surface area contributed by atoms with E-state index in [1.807, 2.05) is 31.2 Å². The minimum atomic E-state index is -0.561. The van der Waals surface area contributed by atoms with Crippen LogP contribution < -0.4 is 30.2 Å². The van der Waals surface area contributed by atoms with Crippen molar-refractivity contribution in [2.24, 2.45) is 0 Å². The molecule has 240 valence electrons. The molecule has 0 unspecified atom stereocenters. The summed E-state index contributed by atoms with van der Waals surface area (Å²) in [4.78, 5) is 44.7. The number of carbonyl (C=O) groups is 3. The Labute approximate surface area is 280 Å². The van der Waals surface area contributed by atoms with Gasteiger partial charge < -0.3 is 30.2 Å². The fourth-order valence-corrected chi connectivity index (χ4v) is 6.28. The molecule has 3 N–H and O–H groups in total. The number of aromatic nitrogens is 1. The molecular weight excluding hydrogens is 637 g/mol. The van der Waals surface area contributed by atoms with E-state index in [0.29, 0.717) is 39.2 Å². The monoisotopic (exact) mass is 668 g/mol. The molecule has 3 amide bonds. The molecule has 10 nitrogen and oxygen atoms in total. The molecule has 0 radical (unpaired) electrons. The van der Waals surface area contributed by atoms with Gasteiger partial charge in [-0.15, -0.1) is 11.8 Å². The van der Waals surface area contributed by atoms with Gasteiger partial charge in [0.25, 0.3) is 11.8 Å². The molecule has 1 heterocycles. The molecule has 0 aliphatic rings. The molecule has 0 saturated heterocycles. The second-order valence-corrected chi connectivity index (χ2v) is 12.2. The number of amides is 3. The lowest BCUT2D eigenvalue weighted by Gasteiger charge is -2.15. The molecule has 0 aliphatic heterocycles. The standard InChI is InChI=1S/C35H32N4O6S2/c1-21-13-14-26-30(15-21)47-35(38-26)39-31(40)20-46-25-12-8-11-24(19-25)36-34(42)27(37-33(41)23-9-6-5-7-10-23)16-22-17-28(43-2)32(45-4)29(18-22)44-3/h5-19H,20H2,1-4H3,(H,36,42)(H,37,41)(H,38,39,40)/b27-16+. The summed E-state index contributed by atoms with van der Waals surface area (Å²) in [6, 6.07) is 25.0. The largest absolute Gasteiger partial charge is 0.493 e. The van der Waals surface area contributed by atoms with Crippen molar-refractivity contribution in [3.63, 3.8) is 0 Å². The number of methoxy groups -OCH3 is 3. The average Bonchev–Trinajstić information content (AvgIpc) is 3.48. The predicted molar refractivity (Wildman–Crippen MR) is 187 cm³/mol. The number of fused-ring (bicyclic) bond motifs is 1. The highest BCUT2D eigenvalue weighted by atomic mass is 32.2. The Morgan fingerprint density at radius 1 is 0.851 bits per heavy atom. The molecule has 5 rings (SSSR count). The highest BCUT2D eigenvalue weighted by Crippen LogP contribution is 2.38. The number of thiazole rings is 1. The van der Waals surface area contributed by atoms with Crippen LogP contribution >= 0.6 is 23.1 Å². The SMILES string of the molecule is COc1cc(/C=C(/NC(=O)c2ccccc2)C(=O)Nc2cccc(SCC(=O)Nc3nc4ccc(C)cc4s3)c2)cc(OC)c1OC. The van der Waals surface area contributed by atoms with E-state index in [4.69, 9.17) is 14.2 Å². The minimum Gasteiger partial charge on any atom is -0.493 e. The number of hydrogen-bond donors (Lipinski definition) is 3. The van der Waals surface area contributed by atoms with Crippen LogP contribution in [0.4, 0.5) is 10.8 Å². The smallest absolute Gasteiger partial charge is 0.272 e. The molecular formula is C35H32N4O6S2. The summed E-state index contributed by atoms with van der Waals surface area (Å²) in [6.45, 7) is 2.01. The van der Waals surface area contributed by atoms with Crippen LogP contribution in [0.1, 0.15) is 21.5 Å². The van der Waals surface area contributed by atoms with Gasteiger partial charge in [-0.3, -0.25) is 14.4 Å². The molecule has 0 bridgehead atoms. The summed E-state index contributed by atoms with van der Waals surface area (Å²) in [6.07, 6.45) is 1.52. The van der Waals surface area contributed by atoms with Gasteiger partial charge in [-0.2, -0.15) is 0 Å². The van der Waals surface area contributed by atoms with Crippen LogP contribution in [0.5, 0.6) is 17.2 Å². The molecule has 0 spiro atoms. The number of aryl methyl sites for hydroxylation is 1. The maximum atomic E-state index is 13.6. The summed E-state index contributed by atoms with van der Waals surface area (Å²) >= 11 is 2.75. The molecule has 0 atom stereocenters. The zero-order valence-electron chi connectivity index (χ0n) is 26.1. The zero-order valence-corrected chi connectivity index (χ0v) is 27.7. The topological polar surface area (TPSA) is 128 Å². The van der Waals surface area contributed by atoms with E-state index in [0.717, 1.165) is 20.7 Å². The predicted octanol–water partition coefficient (Wildman–Crippen LogP) is 6.77. The van der Waals surface area contributed by atoms with Crippen molar-refractivity contribution in [3.8, 4) is 17.2 Å². The lowest BCUT2D eigenvalue weighted by Crippen LogP contribution is -2.30. The van der Waals surface area contributed by atoms with Crippen LogP contribution in [0.3, 0.4) is 0 Å². The van der Waals surface area contributed by atoms with Crippen LogP contribution in [0.15, 0.2) is 95.5 Å². The number of benzene rings is 4. The Morgan fingerprint density at radius 2 is 1.60 bits per heavy atom. The summed E-state index contributed by atoms with van der Waals surface area (Å²) in [7, 11) is 4.48. The van der Waals surface area contributed by atoms with Gasteiger partial charge in [0.05, 0.1) is 37.3 Å². The van der Waals surface area contributed by atoms with Crippen LogP contribution in [0.2, 0.25) is 0 Å². The lowest BCUT2D eigenvalue weighted by atomic mass is 10.1. The number of hydrogen-bond acceptors (Lipinski definition) is 9. The molecule has 12 heteroatoms. The average molecular weight is 669 g/mol. The number of anilines is 2. The Bertz CT molecular complexity index is 1930. The van der Waals surface area contributed by atoms with Gasteiger partial charge >= 0.3 is 0 Å². The maximum absolute atomic E-state index is 13.6. The third-order valence-corrected chi connectivity index (χ3v) is 8.71. The van der Waals surface area contributed by atoms with E-state index in [9.17, 15) is 14.4 Å². The van der Waals surface area contributed by atoms with E-state index >= 15 is 0 Å². The molecule has 0 aliphatic carbocycles. The van der Waals surface area contributed by atoms with Crippen LogP contribution in [0, 0.1) is 6.92 Å². The third kappa shape index (κ3) is 8.48. The van der Waals surface area contributed by atoms with E-state index in [2.05, 4.69) is 20.9 Å². The highest BCUT2D eigenvalue weighted by molar-refractivity contribution is 8.00. The zero-order chi connectivity index (χ0) is 33.3. The number of nitrogens with one attached hydrogen (secondary N) is 3. The fourth-order valence-electron chi connectivity index (χ4n) is 4.55. The molecule has 0 saturated carbocycles. The molecule has 0 fully saturated rings. The summed E-state index contributed by atoms with van der Waals surface area (Å²) < 4.78 is 17.3. The van der Waals surface area contributed by atoms with Crippen molar-refractivity contribution < 1.29 is 28.6 Å². The Balaban J connectivity index is 1.32. The first-order chi connectivity index (χ1) is 22.8. The first-order valence-corrected chi connectivity index (χ1v) is 16.2. The first kappa shape index (κ1) is 33.0. The van der Waals surface area contributed by atoms with Crippen LogP contribution in [0.25, 0.3) is 16.3 Å². The van der Waals surface area contributed by atoms with Crippen molar-refractivity contribution in [3.05, 3.63) is 107 Å². The minimum absolute atomic E-state index is 0.0170. The second kappa shape index (κ2) is 15.3.